The van der Waals surface area contributed by atoms with E-state index >= 15 is 0 Å². The predicted octanol–water partition coefficient (Wildman–Crippen LogP) is 3.81. The van der Waals surface area contributed by atoms with Gasteiger partial charge in [0.2, 0.25) is 5.91 Å². The van der Waals surface area contributed by atoms with Crippen LogP contribution in [-0.4, -0.2) is 43.6 Å². The van der Waals surface area contributed by atoms with E-state index in [1.165, 1.54) is 16.8 Å². The maximum Gasteiger partial charge on any atom is 0.222 e. The van der Waals surface area contributed by atoms with Crippen LogP contribution in [0.5, 0.6) is 5.75 Å². The van der Waals surface area contributed by atoms with Gasteiger partial charge in [0.05, 0.1) is 6.61 Å². The minimum absolute atomic E-state index is 0.238. The molecule has 0 spiro atoms. The van der Waals surface area contributed by atoms with Crippen molar-refractivity contribution in [2.45, 2.75) is 26.7 Å². The summed E-state index contributed by atoms with van der Waals surface area (Å²) >= 11 is 0. The molecule has 0 radical (unpaired) electrons. The fourth-order valence-electron chi connectivity index (χ4n) is 3.32. The van der Waals surface area contributed by atoms with Gasteiger partial charge in [-0.05, 0) is 55.7 Å². The highest BCUT2D eigenvalue weighted by Gasteiger charge is 2.20. The van der Waals surface area contributed by atoms with Crippen LogP contribution in [-0.2, 0) is 4.79 Å². The summed E-state index contributed by atoms with van der Waals surface area (Å²) in [5, 5.41) is 0. The Morgan fingerprint density at radius 1 is 0.962 bits per heavy atom. The molecule has 2 aromatic carbocycles. The molecule has 1 heterocycles. The molecular weight excluding hydrogens is 324 g/mol. The van der Waals surface area contributed by atoms with Gasteiger partial charge >= 0.3 is 0 Å². The molecule has 1 aliphatic heterocycles. The molecule has 0 unspecified atom stereocenters. The van der Waals surface area contributed by atoms with Gasteiger partial charge in [-0.15, -0.1) is 0 Å². The standard InChI is InChI=1S/C22H28N2O2/c1-18-6-3-8-20(16-18)23-11-13-24(14-12-23)22(25)10-5-15-26-21-9-4-7-19(2)17-21/h3-4,6-9,16-17H,5,10-15H2,1-2H3. The van der Waals surface area contributed by atoms with Crippen molar-refractivity contribution in [2.75, 3.05) is 37.7 Å². The molecule has 2 aromatic rings. The summed E-state index contributed by atoms with van der Waals surface area (Å²) < 4.78 is 5.73. The van der Waals surface area contributed by atoms with Crippen LogP contribution in [0.4, 0.5) is 5.69 Å². The van der Waals surface area contributed by atoms with Crippen LogP contribution in [0, 0.1) is 13.8 Å². The molecule has 0 N–H and O–H groups in total. The Kier molecular flexibility index (Phi) is 6.16. The Labute approximate surface area is 156 Å². The van der Waals surface area contributed by atoms with Crippen molar-refractivity contribution < 1.29 is 9.53 Å². The molecule has 1 fully saturated rings. The number of hydrogen-bond donors (Lipinski definition) is 0. The predicted molar refractivity (Wildman–Crippen MR) is 106 cm³/mol. The Bertz CT molecular complexity index is 736. The topological polar surface area (TPSA) is 32.8 Å². The number of rotatable bonds is 6. The summed E-state index contributed by atoms with van der Waals surface area (Å²) in [6, 6.07) is 16.6. The molecule has 0 saturated carbocycles. The largest absolute Gasteiger partial charge is 0.494 e. The van der Waals surface area contributed by atoms with Crippen molar-refractivity contribution >= 4 is 11.6 Å². The van der Waals surface area contributed by atoms with Gasteiger partial charge < -0.3 is 14.5 Å². The molecular formula is C22H28N2O2. The highest BCUT2D eigenvalue weighted by atomic mass is 16.5. The number of hydrogen-bond acceptors (Lipinski definition) is 3. The zero-order valence-electron chi connectivity index (χ0n) is 15.8. The van der Waals surface area contributed by atoms with Gasteiger partial charge in [-0.2, -0.15) is 0 Å². The summed E-state index contributed by atoms with van der Waals surface area (Å²) in [6.45, 7) is 8.13. The molecule has 4 nitrogen and oxygen atoms in total. The van der Waals surface area contributed by atoms with Crippen LogP contribution >= 0.6 is 0 Å². The number of ether oxygens (including phenoxy) is 1. The molecule has 0 aliphatic carbocycles. The summed E-state index contributed by atoms with van der Waals surface area (Å²) in [5.74, 6) is 1.12. The molecule has 0 bridgehead atoms. The van der Waals surface area contributed by atoms with E-state index in [-0.39, 0.29) is 5.91 Å². The van der Waals surface area contributed by atoms with Crippen molar-refractivity contribution in [1.29, 1.82) is 0 Å². The summed E-state index contributed by atoms with van der Waals surface area (Å²) in [7, 11) is 0. The van der Waals surface area contributed by atoms with E-state index in [9.17, 15) is 4.79 Å². The number of nitrogens with zero attached hydrogens (tertiary/aromatic N) is 2. The van der Waals surface area contributed by atoms with Crippen LogP contribution in [0.3, 0.4) is 0 Å². The van der Waals surface area contributed by atoms with E-state index in [0.29, 0.717) is 13.0 Å². The lowest BCUT2D eigenvalue weighted by Crippen LogP contribution is -2.48. The number of carbonyl (C=O) groups is 1. The maximum absolute atomic E-state index is 12.4. The van der Waals surface area contributed by atoms with Crippen LogP contribution in [0.25, 0.3) is 0 Å². The van der Waals surface area contributed by atoms with Crippen LogP contribution in [0.2, 0.25) is 0 Å². The zero-order valence-corrected chi connectivity index (χ0v) is 15.8. The quantitative estimate of drug-likeness (QED) is 0.741. The SMILES string of the molecule is Cc1cccc(OCCCC(=O)N2CCN(c3cccc(C)c3)CC2)c1. The average Bonchev–Trinajstić information content (AvgIpc) is 2.65. The normalized spacial score (nSPS) is 14.4. The summed E-state index contributed by atoms with van der Waals surface area (Å²) in [6.07, 6.45) is 1.31. The van der Waals surface area contributed by atoms with Crippen molar-refractivity contribution in [3.63, 3.8) is 0 Å². The third-order valence-electron chi connectivity index (χ3n) is 4.79. The van der Waals surface area contributed by atoms with Gasteiger partial charge in [0.1, 0.15) is 5.75 Å². The van der Waals surface area contributed by atoms with Gasteiger partial charge in [-0.25, -0.2) is 0 Å². The first-order valence-electron chi connectivity index (χ1n) is 9.41. The molecule has 0 atom stereocenters. The highest BCUT2D eigenvalue weighted by Crippen LogP contribution is 2.18. The molecule has 26 heavy (non-hydrogen) atoms. The number of carbonyl (C=O) groups excluding carboxylic acids is 1. The Balaban J connectivity index is 1.38. The lowest BCUT2D eigenvalue weighted by Gasteiger charge is -2.36. The van der Waals surface area contributed by atoms with E-state index in [4.69, 9.17) is 4.74 Å². The third kappa shape index (κ3) is 5.01. The molecule has 3 rings (SSSR count). The van der Waals surface area contributed by atoms with E-state index in [0.717, 1.165) is 38.3 Å². The molecule has 138 valence electrons. The second-order valence-corrected chi connectivity index (χ2v) is 6.98. The van der Waals surface area contributed by atoms with Crippen molar-refractivity contribution in [3.8, 4) is 5.75 Å². The first-order valence-corrected chi connectivity index (χ1v) is 9.41. The fourth-order valence-corrected chi connectivity index (χ4v) is 3.32. The maximum atomic E-state index is 12.4. The van der Waals surface area contributed by atoms with Gasteiger partial charge in [-0.3, -0.25) is 4.79 Å². The highest BCUT2D eigenvalue weighted by molar-refractivity contribution is 5.76. The lowest BCUT2D eigenvalue weighted by atomic mass is 10.2. The van der Waals surface area contributed by atoms with Crippen LogP contribution in [0.15, 0.2) is 48.5 Å². The van der Waals surface area contributed by atoms with Crippen molar-refractivity contribution in [2.24, 2.45) is 0 Å². The minimum atomic E-state index is 0.238. The molecule has 1 amide bonds. The minimum Gasteiger partial charge on any atom is -0.494 e. The second-order valence-electron chi connectivity index (χ2n) is 6.98. The smallest absolute Gasteiger partial charge is 0.222 e. The summed E-state index contributed by atoms with van der Waals surface area (Å²) in [5.41, 5.74) is 3.71. The fraction of sp³-hybridized carbons (Fsp3) is 0.409. The first kappa shape index (κ1) is 18.3. The van der Waals surface area contributed by atoms with Crippen LogP contribution in [0.1, 0.15) is 24.0 Å². The number of amides is 1. The Morgan fingerprint density at radius 3 is 2.35 bits per heavy atom. The summed E-state index contributed by atoms with van der Waals surface area (Å²) in [4.78, 5) is 16.8. The monoisotopic (exact) mass is 352 g/mol. The van der Waals surface area contributed by atoms with E-state index in [1.807, 2.05) is 36.1 Å². The van der Waals surface area contributed by atoms with Gasteiger partial charge in [-0.1, -0.05) is 24.3 Å². The average molecular weight is 352 g/mol. The second kappa shape index (κ2) is 8.75. The molecule has 1 saturated heterocycles. The van der Waals surface area contributed by atoms with Gasteiger partial charge in [0.15, 0.2) is 0 Å². The van der Waals surface area contributed by atoms with E-state index < -0.39 is 0 Å². The van der Waals surface area contributed by atoms with E-state index in [2.05, 4.69) is 36.1 Å². The van der Waals surface area contributed by atoms with Crippen molar-refractivity contribution in [1.82, 2.24) is 4.90 Å². The number of benzene rings is 2. The van der Waals surface area contributed by atoms with Crippen LogP contribution < -0.4 is 9.64 Å². The number of aryl methyl sites for hydroxylation is 2. The Hall–Kier alpha value is -2.49. The lowest BCUT2D eigenvalue weighted by molar-refractivity contribution is -0.131. The Morgan fingerprint density at radius 2 is 1.65 bits per heavy atom. The molecule has 4 heteroatoms. The van der Waals surface area contributed by atoms with Gasteiger partial charge in [0.25, 0.3) is 0 Å². The molecule has 0 aromatic heterocycles. The van der Waals surface area contributed by atoms with E-state index in [1.54, 1.807) is 0 Å². The number of piperazine rings is 1. The molecule has 1 aliphatic rings. The van der Waals surface area contributed by atoms with Crippen molar-refractivity contribution in [3.05, 3.63) is 59.7 Å². The zero-order chi connectivity index (χ0) is 18.4. The third-order valence-corrected chi connectivity index (χ3v) is 4.79. The van der Waals surface area contributed by atoms with Gasteiger partial charge in [0, 0.05) is 38.3 Å². The first-order chi connectivity index (χ1) is 12.6. The number of anilines is 1.